The van der Waals surface area contributed by atoms with E-state index >= 15 is 0 Å². The first-order valence-electron chi connectivity index (χ1n) is 6.28. The van der Waals surface area contributed by atoms with Crippen molar-refractivity contribution >= 4 is 5.91 Å². The fourth-order valence-electron chi connectivity index (χ4n) is 1.62. The van der Waals surface area contributed by atoms with E-state index in [2.05, 4.69) is 10.6 Å². The molecule has 0 fully saturated rings. The minimum absolute atomic E-state index is 0.0238. The van der Waals surface area contributed by atoms with Crippen LogP contribution in [0.2, 0.25) is 0 Å². The molecule has 4 nitrogen and oxygen atoms in total. The van der Waals surface area contributed by atoms with Crippen LogP contribution >= 0.6 is 0 Å². The number of carbonyl (C=O) groups is 1. The van der Waals surface area contributed by atoms with Crippen molar-refractivity contribution in [1.82, 2.24) is 10.6 Å². The Kier molecular flexibility index (Phi) is 5.65. The van der Waals surface area contributed by atoms with Gasteiger partial charge in [0.2, 0.25) is 5.91 Å². The maximum Gasteiger partial charge on any atom is 0.237 e. The Balaban J connectivity index is 2.35. The molecule has 0 aliphatic rings. The number of amides is 1. The number of hydrogen-bond acceptors (Lipinski definition) is 3. The lowest BCUT2D eigenvalue weighted by Crippen LogP contribution is -2.44. The molecule has 0 spiro atoms. The molecule has 0 radical (unpaired) electrons. The third-order valence-electron chi connectivity index (χ3n) is 3.02. The maximum atomic E-state index is 11.6. The molecule has 2 unspecified atom stereocenters. The molecule has 1 aromatic carbocycles. The van der Waals surface area contributed by atoms with Gasteiger partial charge >= 0.3 is 0 Å². The van der Waals surface area contributed by atoms with E-state index in [0.717, 1.165) is 18.4 Å². The summed E-state index contributed by atoms with van der Waals surface area (Å²) in [4.78, 5) is 11.6. The average Bonchev–Trinajstić information content (AvgIpc) is 2.37. The van der Waals surface area contributed by atoms with Gasteiger partial charge in [-0.2, -0.15) is 0 Å². The number of likely N-dealkylation sites (N-methyl/N-ethyl adjacent to an activating group) is 1. The molecular formula is C14H22N2O2. The first-order chi connectivity index (χ1) is 8.52. The van der Waals surface area contributed by atoms with Crippen molar-refractivity contribution in [1.29, 1.82) is 0 Å². The van der Waals surface area contributed by atoms with E-state index in [-0.39, 0.29) is 23.7 Å². The summed E-state index contributed by atoms with van der Waals surface area (Å²) in [5, 5.41) is 15.0. The molecule has 0 saturated heterocycles. The zero-order valence-corrected chi connectivity index (χ0v) is 11.2. The molecule has 0 aliphatic heterocycles. The van der Waals surface area contributed by atoms with Crippen molar-refractivity contribution in [2.75, 3.05) is 7.05 Å². The van der Waals surface area contributed by atoms with Crippen LogP contribution in [0, 0.1) is 0 Å². The summed E-state index contributed by atoms with van der Waals surface area (Å²) >= 11 is 0. The van der Waals surface area contributed by atoms with Crippen LogP contribution in [0.5, 0.6) is 5.75 Å². The highest BCUT2D eigenvalue weighted by Crippen LogP contribution is 2.11. The van der Waals surface area contributed by atoms with Crippen LogP contribution < -0.4 is 10.6 Å². The molecule has 4 heteroatoms. The molecule has 1 rings (SSSR count). The number of benzene rings is 1. The lowest BCUT2D eigenvalue weighted by Gasteiger charge is -2.17. The largest absolute Gasteiger partial charge is 0.508 e. The van der Waals surface area contributed by atoms with E-state index in [1.54, 1.807) is 19.2 Å². The Bertz CT molecular complexity index is 376. The number of rotatable bonds is 6. The second kappa shape index (κ2) is 7.01. The van der Waals surface area contributed by atoms with Gasteiger partial charge in [-0.05, 0) is 51.4 Å². The SMILES string of the molecule is CNC(C)C(=O)NC(C)CCc1ccc(O)cc1. The summed E-state index contributed by atoms with van der Waals surface area (Å²) in [6.07, 6.45) is 1.77. The standard InChI is InChI=1S/C14H22N2O2/c1-10(16-14(18)11(2)15-3)4-5-12-6-8-13(17)9-7-12/h6-11,15,17H,4-5H2,1-3H3,(H,16,18). The highest BCUT2D eigenvalue weighted by molar-refractivity contribution is 5.81. The first kappa shape index (κ1) is 14.5. The van der Waals surface area contributed by atoms with E-state index in [1.165, 1.54) is 0 Å². The first-order valence-corrected chi connectivity index (χ1v) is 6.28. The fourth-order valence-corrected chi connectivity index (χ4v) is 1.62. The molecule has 100 valence electrons. The van der Waals surface area contributed by atoms with Crippen LogP contribution in [0.25, 0.3) is 0 Å². The number of phenols is 1. The maximum absolute atomic E-state index is 11.6. The predicted octanol–water partition coefficient (Wildman–Crippen LogP) is 1.44. The van der Waals surface area contributed by atoms with Crippen molar-refractivity contribution in [2.45, 2.75) is 38.8 Å². The molecule has 2 atom stereocenters. The van der Waals surface area contributed by atoms with Crippen LogP contribution in [0.15, 0.2) is 24.3 Å². The molecule has 0 saturated carbocycles. The summed E-state index contributed by atoms with van der Waals surface area (Å²) in [5.41, 5.74) is 1.16. The van der Waals surface area contributed by atoms with Crippen molar-refractivity contribution in [3.63, 3.8) is 0 Å². The van der Waals surface area contributed by atoms with Gasteiger partial charge in [-0.25, -0.2) is 0 Å². The Morgan fingerprint density at radius 2 is 1.89 bits per heavy atom. The molecule has 0 aromatic heterocycles. The zero-order chi connectivity index (χ0) is 13.5. The highest BCUT2D eigenvalue weighted by atomic mass is 16.3. The molecule has 0 heterocycles. The van der Waals surface area contributed by atoms with Crippen molar-refractivity contribution in [3.8, 4) is 5.75 Å². The topological polar surface area (TPSA) is 61.4 Å². The molecule has 1 aromatic rings. The van der Waals surface area contributed by atoms with E-state index in [4.69, 9.17) is 0 Å². The number of hydrogen-bond donors (Lipinski definition) is 3. The summed E-state index contributed by atoms with van der Waals surface area (Å²) in [6.45, 7) is 3.84. The van der Waals surface area contributed by atoms with Gasteiger partial charge in [-0.3, -0.25) is 4.79 Å². The van der Waals surface area contributed by atoms with Gasteiger partial charge < -0.3 is 15.7 Å². The number of phenolic OH excluding ortho intramolecular Hbond substituents is 1. The van der Waals surface area contributed by atoms with Gasteiger partial charge in [0, 0.05) is 6.04 Å². The number of aryl methyl sites for hydroxylation is 1. The van der Waals surface area contributed by atoms with Crippen LogP contribution in [-0.2, 0) is 11.2 Å². The predicted molar refractivity (Wildman–Crippen MR) is 72.6 cm³/mol. The van der Waals surface area contributed by atoms with Gasteiger partial charge in [0.15, 0.2) is 0 Å². The normalized spacial score (nSPS) is 13.9. The Morgan fingerprint density at radius 1 is 1.28 bits per heavy atom. The van der Waals surface area contributed by atoms with Gasteiger partial charge in [0.1, 0.15) is 5.75 Å². The average molecular weight is 250 g/mol. The lowest BCUT2D eigenvalue weighted by molar-refractivity contribution is -0.123. The quantitative estimate of drug-likeness (QED) is 0.716. The van der Waals surface area contributed by atoms with E-state index in [0.29, 0.717) is 0 Å². The van der Waals surface area contributed by atoms with Crippen LogP contribution in [-0.4, -0.2) is 30.1 Å². The monoisotopic (exact) mass is 250 g/mol. The van der Waals surface area contributed by atoms with Crippen LogP contribution in [0.1, 0.15) is 25.8 Å². The lowest BCUT2D eigenvalue weighted by atomic mass is 10.1. The minimum Gasteiger partial charge on any atom is -0.508 e. The Hall–Kier alpha value is -1.55. The fraction of sp³-hybridized carbons (Fsp3) is 0.500. The molecule has 18 heavy (non-hydrogen) atoms. The second-order valence-corrected chi connectivity index (χ2v) is 4.63. The minimum atomic E-state index is -0.166. The molecule has 1 amide bonds. The Labute approximate surface area is 108 Å². The van der Waals surface area contributed by atoms with Crippen molar-refractivity contribution < 1.29 is 9.90 Å². The summed E-state index contributed by atoms with van der Waals surface area (Å²) in [6, 6.07) is 7.15. The van der Waals surface area contributed by atoms with Crippen molar-refractivity contribution in [3.05, 3.63) is 29.8 Å². The molecular weight excluding hydrogens is 228 g/mol. The third kappa shape index (κ3) is 4.75. The molecule has 3 N–H and O–H groups in total. The number of nitrogens with one attached hydrogen (secondary N) is 2. The van der Waals surface area contributed by atoms with Crippen LogP contribution in [0.3, 0.4) is 0 Å². The molecule has 0 bridgehead atoms. The number of carbonyl (C=O) groups excluding carboxylic acids is 1. The summed E-state index contributed by atoms with van der Waals surface area (Å²) in [5.74, 6) is 0.304. The third-order valence-corrected chi connectivity index (χ3v) is 3.02. The van der Waals surface area contributed by atoms with Gasteiger partial charge in [0.25, 0.3) is 0 Å². The Morgan fingerprint density at radius 3 is 2.44 bits per heavy atom. The zero-order valence-electron chi connectivity index (χ0n) is 11.2. The van der Waals surface area contributed by atoms with E-state index < -0.39 is 0 Å². The van der Waals surface area contributed by atoms with Gasteiger partial charge in [0.05, 0.1) is 6.04 Å². The van der Waals surface area contributed by atoms with Crippen LogP contribution in [0.4, 0.5) is 0 Å². The van der Waals surface area contributed by atoms with E-state index in [1.807, 2.05) is 26.0 Å². The second-order valence-electron chi connectivity index (χ2n) is 4.63. The highest BCUT2D eigenvalue weighted by Gasteiger charge is 2.12. The summed E-state index contributed by atoms with van der Waals surface area (Å²) in [7, 11) is 1.77. The smallest absolute Gasteiger partial charge is 0.237 e. The number of aromatic hydroxyl groups is 1. The summed E-state index contributed by atoms with van der Waals surface area (Å²) < 4.78 is 0. The molecule has 0 aliphatic carbocycles. The van der Waals surface area contributed by atoms with E-state index in [9.17, 15) is 9.90 Å². The van der Waals surface area contributed by atoms with Gasteiger partial charge in [-0.15, -0.1) is 0 Å². The van der Waals surface area contributed by atoms with Crippen molar-refractivity contribution in [2.24, 2.45) is 0 Å². The van der Waals surface area contributed by atoms with Gasteiger partial charge in [-0.1, -0.05) is 12.1 Å².